The van der Waals surface area contributed by atoms with Gasteiger partial charge in [0.05, 0.1) is 37.9 Å². The summed E-state index contributed by atoms with van der Waals surface area (Å²) in [7, 11) is 1.69. The lowest BCUT2D eigenvalue weighted by Gasteiger charge is -2.54. The minimum Gasteiger partial charge on any atom is -0.481 e. The summed E-state index contributed by atoms with van der Waals surface area (Å²) in [5.74, 6) is 2.84. The zero-order valence-electron chi connectivity index (χ0n) is 26.7. The highest BCUT2D eigenvalue weighted by Gasteiger charge is 2.48. The van der Waals surface area contributed by atoms with Crippen LogP contribution in [0.15, 0.2) is 60.7 Å². The number of aromatic nitrogens is 2. The molecule has 4 fully saturated rings. The Morgan fingerprint density at radius 2 is 1.62 bits per heavy atom. The van der Waals surface area contributed by atoms with E-state index in [0.717, 1.165) is 50.4 Å². The van der Waals surface area contributed by atoms with Crippen LogP contribution in [0.25, 0.3) is 0 Å². The number of rotatable bonds is 10. The van der Waals surface area contributed by atoms with E-state index >= 15 is 0 Å². The monoisotopic (exact) mass is 611 g/mol. The first-order valence-corrected chi connectivity index (χ1v) is 16.5. The maximum Gasteiger partial charge on any atom is 0.233 e. The van der Waals surface area contributed by atoms with Crippen molar-refractivity contribution in [1.82, 2.24) is 24.7 Å². The second-order valence-electron chi connectivity index (χ2n) is 13.3. The van der Waals surface area contributed by atoms with Crippen LogP contribution in [0.1, 0.15) is 61.0 Å². The molecule has 3 aromatic rings. The number of hydrogen-bond acceptors (Lipinski definition) is 8. The van der Waals surface area contributed by atoms with E-state index in [1.807, 2.05) is 13.8 Å². The number of carbonyl (C=O) groups is 1. The summed E-state index contributed by atoms with van der Waals surface area (Å²) in [5.41, 5.74) is 3.09. The molecule has 9 nitrogen and oxygen atoms in total. The van der Waals surface area contributed by atoms with Crippen molar-refractivity contribution in [3.05, 3.63) is 83.2 Å². The van der Waals surface area contributed by atoms with Gasteiger partial charge in [0.1, 0.15) is 5.82 Å². The fourth-order valence-corrected chi connectivity index (χ4v) is 7.46. The lowest BCUT2D eigenvalue weighted by Crippen LogP contribution is -2.68. The molecule has 45 heavy (non-hydrogen) atoms. The average Bonchev–Trinajstić information content (AvgIpc) is 3.91. The summed E-state index contributed by atoms with van der Waals surface area (Å²) in [5, 5.41) is 0. The van der Waals surface area contributed by atoms with Crippen LogP contribution in [0.5, 0.6) is 11.8 Å². The van der Waals surface area contributed by atoms with E-state index in [4.69, 9.17) is 24.2 Å². The van der Waals surface area contributed by atoms with Gasteiger partial charge < -0.3 is 19.1 Å². The van der Waals surface area contributed by atoms with Crippen molar-refractivity contribution in [2.45, 2.75) is 57.2 Å². The van der Waals surface area contributed by atoms with E-state index in [1.54, 1.807) is 7.11 Å². The Hall–Kier alpha value is -3.53. The smallest absolute Gasteiger partial charge is 0.233 e. The molecule has 1 aliphatic carbocycles. The van der Waals surface area contributed by atoms with E-state index < -0.39 is 5.41 Å². The molecule has 7 rings (SSSR count). The number of hydrogen-bond donors (Lipinski definition) is 0. The quantitative estimate of drug-likeness (QED) is 0.335. The van der Waals surface area contributed by atoms with Gasteiger partial charge in [-0.15, -0.1) is 0 Å². The van der Waals surface area contributed by atoms with Gasteiger partial charge in [0, 0.05) is 63.2 Å². The average molecular weight is 612 g/mol. The SMILES string of the molecule is CCOc1nc(C2CC2)nc(OC)c1CN1C[C@@H]2CN(C(=O)C3(C)COC3)CCN2[C@H](C(c2ccccc2)c2ccccc2)C1. The highest BCUT2D eigenvalue weighted by molar-refractivity contribution is 5.83. The van der Waals surface area contributed by atoms with Crippen molar-refractivity contribution in [3.8, 4) is 11.8 Å². The van der Waals surface area contributed by atoms with Gasteiger partial charge >= 0.3 is 0 Å². The van der Waals surface area contributed by atoms with Gasteiger partial charge in [-0.2, -0.15) is 9.97 Å². The summed E-state index contributed by atoms with van der Waals surface area (Å²) >= 11 is 0. The van der Waals surface area contributed by atoms with Crippen LogP contribution < -0.4 is 9.47 Å². The third-order valence-electron chi connectivity index (χ3n) is 9.96. The predicted molar refractivity (Wildman–Crippen MR) is 172 cm³/mol. The molecule has 4 heterocycles. The van der Waals surface area contributed by atoms with Gasteiger partial charge in [0.25, 0.3) is 0 Å². The van der Waals surface area contributed by atoms with Gasteiger partial charge in [0.2, 0.25) is 17.7 Å². The van der Waals surface area contributed by atoms with E-state index in [1.165, 1.54) is 11.1 Å². The maximum atomic E-state index is 13.7. The minimum atomic E-state index is -0.410. The highest BCUT2D eigenvalue weighted by atomic mass is 16.5. The summed E-state index contributed by atoms with van der Waals surface area (Å²) in [6, 6.07) is 22.1. The maximum absolute atomic E-state index is 13.7. The zero-order valence-corrected chi connectivity index (χ0v) is 26.7. The third-order valence-corrected chi connectivity index (χ3v) is 9.96. The molecule has 3 saturated heterocycles. The largest absolute Gasteiger partial charge is 0.481 e. The molecule has 0 radical (unpaired) electrons. The molecule has 4 aliphatic rings. The molecule has 9 heteroatoms. The molecule has 1 saturated carbocycles. The lowest BCUT2D eigenvalue weighted by atomic mass is 9.81. The molecule has 1 amide bonds. The van der Waals surface area contributed by atoms with Gasteiger partial charge in [-0.3, -0.25) is 14.6 Å². The van der Waals surface area contributed by atoms with Gasteiger partial charge in [-0.25, -0.2) is 0 Å². The Labute approximate surface area is 266 Å². The highest BCUT2D eigenvalue weighted by Crippen LogP contribution is 2.42. The molecule has 0 bridgehead atoms. The Bertz CT molecular complexity index is 1440. The molecule has 0 N–H and O–H groups in total. The standard InChI is InChI=1S/C36H45N5O4/c1-4-45-34-29(33(43-3)37-32(38-34)27-15-16-27)21-39-19-28-20-40(35(42)36(2)23-44-24-36)17-18-41(28)30(22-39)31(25-11-7-5-8-12-25)26-13-9-6-10-14-26/h5-14,27-28,30-31H,4,15-24H2,1-3H3/t28-,30+/m1/s1. The molecular weight excluding hydrogens is 566 g/mol. The predicted octanol–water partition coefficient (Wildman–Crippen LogP) is 4.33. The molecule has 0 spiro atoms. The first kappa shape index (κ1) is 30.1. The third kappa shape index (κ3) is 6.05. The van der Waals surface area contributed by atoms with Crippen molar-refractivity contribution in [2.75, 3.05) is 59.7 Å². The molecular formula is C36H45N5O4. The van der Waals surface area contributed by atoms with Gasteiger partial charge in [-0.05, 0) is 37.8 Å². The second-order valence-corrected chi connectivity index (χ2v) is 13.3. The number of amides is 1. The Morgan fingerprint density at radius 3 is 2.20 bits per heavy atom. The summed E-state index contributed by atoms with van der Waals surface area (Å²) in [6.07, 6.45) is 2.22. The minimum absolute atomic E-state index is 0.166. The normalized spacial score (nSPS) is 23.3. The van der Waals surface area contributed by atoms with Crippen LogP contribution in [0, 0.1) is 5.41 Å². The van der Waals surface area contributed by atoms with Crippen molar-refractivity contribution in [3.63, 3.8) is 0 Å². The number of benzene rings is 2. The van der Waals surface area contributed by atoms with Crippen molar-refractivity contribution >= 4 is 5.91 Å². The van der Waals surface area contributed by atoms with Crippen LogP contribution in [-0.2, 0) is 16.1 Å². The van der Waals surface area contributed by atoms with Gasteiger partial charge in [-0.1, -0.05) is 60.7 Å². The number of nitrogens with zero attached hydrogens (tertiary/aromatic N) is 5. The number of carbonyl (C=O) groups excluding carboxylic acids is 1. The van der Waals surface area contributed by atoms with Gasteiger partial charge in [0.15, 0.2) is 0 Å². The van der Waals surface area contributed by atoms with Crippen LogP contribution in [0.2, 0.25) is 0 Å². The van der Waals surface area contributed by atoms with Crippen molar-refractivity contribution < 1.29 is 19.0 Å². The zero-order chi connectivity index (χ0) is 31.0. The summed E-state index contributed by atoms with van der Waals surface area (Å²) < 4.78 is 17.5. The fourth-order valence-electron chi connectivity index (χ4n) is 7.46. The number of piperazine rings is 2. The van der Waals surface area contributed by atoms with Crippen molar-refractivity contribution in [2.24, 2.45) is 5.41 Å². The van der Waals surface area contributed by atoms with E-state index in [9.17, 15) is 4.79 Å². The molecule has 238 valence electrons. The van der Waals surface area contributed by atoms with Crippen LogP contribution in [-0.4, -0.2) is 102 Å². The molecule has 2 atom stereocenters. The second kappa shape index (κ2) is 12.7. The molecule has 2 aromatic carbocycles. The first-order valence-electron chi connectivity index (χ1n) is 16.5. The van der Waals surface area contributed by atoms with E-state index in [-0.39, 0.29) is 23.9 Å². The topological polar surface area (TPSA) is 80.3 Å². The molecule has 1 aromatic heterocycles. The van der Waals surface area contributed by atoms with Crippen LogP contribution in [0.4, 0.5) is 0 Å². The van der Waals surface area contributed by atoms with Crippen molar-refractivity contribution in [1.29, 1.82) is 0 Å². The number of methoxy groups -OCH3 is 1. The Balaban J connectivity index is 1.24. The van der Waals surface area contributed by atoms with Crippen LogP contribution in [0.3, 0.4) is 0 Å². The number of fused-ring (bicyclic) bond motifs is 1. The van der Waals surface area contributed by atoms with Crippen LogP contribution >= 0.6 is 0 Å². The lowest BCUT2D eigenvalue weighted by molar-refractivity contribution is -0.173. The Kier molecular flexibility index (Phi) is 8.50. The summed E-state index contributed by atoms with van der Waals surface area (Å²) in [6.45, 7) is 10.1. The number of ether oxygens (including phenoxy) is 3. The fraction of sp³-hybridized carbons (Fsp3) is 0.528. The Morgan fingerprint density at radius 1 is 0.956 bits per heavy atom. The molecule has 0 unspecified atom stereocenters. The van der Waals surface area contributed by atoms with E-state index in [0.29, 0.717) is 50.6 Å². The first-order chi connectivity index (χ1) is 22.0. The summed E-state index contributed by atoms with van der Waals surface area (Å²) in [4.78, 5) is 30.7. The van der Waals surface area contributed by atoms with E-state index in [2.05, 4.69) is 75.4 Å². The molecule has 3 aliphatic heterocycles.